The van der Waals surface area contributed by atoms with Crippen LogP contribution in [-0.2, 0) is 0 Å². The van der Waals surface area contributed by atoms with Gasteiger partial charge in [0.2, 0.25) is 0 Å². The third kappa shape index (κ3) is 7.48. The van der Waals surface area contributed by atoms with Crippen LogP contribution in [0.3, 0.4) is 0 Å². The number of benzene rings is 13. The summed E-state index contributed by atoms with van der Waals surface area (Å²) in [5.41, 5.74) is 10.5. The topological polar surface area (TPSA) is 14.8 Å². The van der Waals surface area contributed by atoms with Crippen molar-refractivity contribution in [2.45, 2.75) is 39.2 Å². The minimum absolute atomic E-state index is 1.12. The average molecular weight is 1100 g/mol. The SMILES string of the molecule is c1ccc(S(c2ccccc2)(c2cccc(-n3c4ccccc4c4ccccc43)c2)c2cccc(-n3c4ccccc4c4cc(-n5c6ccccc6c6c(S(c7ccccc7)(c7ccccc7)c7ccccc7)cccc65)ccc43)c2)cc1. The maximum Gasteiger partial charge on any atom is 0.0552 e. The predicted octanol–water partition coefficient (Wildman–Crippen LogP) is 21.7. The van der Waals surface area contributed by atoms with E-state index in [9.17, 15) is 0 Å². The van der Waals surface area contributed by atoms with Crippen molar-refractivity contribution in [1.29, 1.82) is 0 Å². The van der Waals surface area contributed by atoms with Crippen LogP contribution in [0.25, 0.3) is 82.5 Å². The van der Waals surface area contributed by atoms with Crippen molar-refractivity contribution in [1.82, 2.24) is 13.7 Å². The van der Waals surface area contributed by atoms with Gasteiger partial charge in [-0.2, -0.15) is 0 Å². The maximum absolute atomic E-state index is 2.51. The molecule has 0 aliphatic carbocycles. The minimum Gasteiger partial charge on any atom is -0.309 e. The van der Waals surface area contributed by atoms with Crippen LogP contribution in [0.15, 0.2) is 373 Å². The molecule has 0 N–H and O–H groups in total. The molecule has 0 aliphatic heterocycles. The number of fused-ring (bicyclic) bond motifs is 9. The molecule has 0 aliphatic rings. The van der Waals surface area contributed by atoms with Crippen LogP contribution in [0, 0.1) is 0 Å². The molecule has 0 spiro atoms. The molecule has 3 nitrogen and oxygen atoms in total. The first-order valence-electron chi connectivity index (χ1n) is 28.4. The number of rotatable bonds is 11. The van der Waals surface area contributed by atoms with Gasteiger partial charge in [0.05, 0.1) is 33.1 Å². The molecular weight excluding hydrogens is 1040 g/mol. The summed E-state index contributed by atoms with van der Waals surface area (Å²) in [5.74, 6) is 0. The highest BCUT2D eigenvalue weighted by Crippen LogP contribution is 2.76. The van der Waals surface area contributed by atoms with Crippen LogP contribution in [0.4, 0.5) is 0 Å². The molecule has 0 bridgehead atoms. The molecule has 0 saturated carbocycles. The summed E-state index contributed by atoms with van der Waals surface area (Å²) in [4.78, 5) is 10.3. The molecule has 3 aromatic heterocycles. The molecule has 0 fully saturated rings. The van der Waals surface area contributed by atoms with E-state index in [0.717, 1.165) is 28.1 Å². The molecule has 0 unspecified atom stereocenters. The van der Waals surface area contributed by atoms with Crippen molar-refractivity contribution >= 4 is 85.5 Å². The highest BCUT2D eigenvalue weighted by atomic mass is 32.3. The Kier molecular flexibility index (Phi) is 11.7. The molecule has 394 valence electrons. The zero-order chi connectivity index (χ0) is 54.9. The second kappa shape index (κ2) is 19.9. The van der Waals surface area contributed by atoms with Crippen molar-refractivity contribution in [2.75, 3.05) is 0 Å². The summed E-state index contributed by atoms with van der Waals surface area (Å²) in [7, 11) is -4.13. The van der Waals surface area contributed by atoms with E-state index in [2.05, 4.69) is 347 Å². The fourth-order valence-corrected chi connectivity index (χ4v) is 21.5. The van der Waals surface area contributed by atoms with Gasteiger partial charge in [-0.15, -0.1) is 20.1 Å². The predicted molar refractivity (Wildman–Crippen MR) is 349 cm³/mol. The van der Waals surface area contributed by atoms with E-state index in [1.807, 2.05) is 0 Å². The average Bonchev–Trinajstić information content (AvgIpc) is 4.41. The largest absolute Gasteiger partial charge is 0.309 e. The molecule has 0 amide bonds. The van der Waals surface area contributed by atoms with Gasteiger partial charge < -0.3 is 13.7 Å². The van der Waals surface area contributed by atoms with Crippen LogP contribution in [-0.4, -0.2) is 13.7 Å². The standard InChI is InChI=1S/C78H55N3S2/c1-6-29-59(30-7-1)82(60-31-8-2-9-32-60,64-39-24-27-56(53-64)79-71-45-20-16-41-66(71)67-42-17-21-46-72(67)79)65-40-25-28-57(54-65)80-73-47-22-18-43-68(73)70-55-58(51-52-75(70)80)81-74-48-23-19-44-69(74)78-76(81)49-26-50-77(78)83(61-33-10-3-11-34-61,62-35-12-4-13-36-62)63-37-14-5-15-38-63/h1-55H. The van der Waals surface area contributed by atoms with Gasteiger partial charge >= 0.3 is 0 Å². The Labute approximate surface area is 485 Å². The van der Waals surface area contributed by atoms with Crippen LogP contribution in [0.5, 0.6) is 0 Å². The second-order valence-corrected chi connectivity index (χ2v) is 27.4. The lowest BCUT2D eigenvalue weighted by molar-refractivity contribution is 1.13. The van der Waals surface area contributed by atoms with Crippen molar-refractivity contribution < 1.29 is 0 Å². The quantitative estimate of drug-likeness (QED) is 0.123. The Hall–Kier alpha value is -10.0. The molecule has 0 saturated heterocycles. The highest BCUT2D eigenvalue weighted by molar-refractivity contribution is 8.34. The Morgan fingerprint density at radius 1 is 0.181 bits per heavy atom. The molecule has 0 atom stereocenters. The van der Waals surface area contributed by atoms with Crippen molar-refractivity contribution in [3.8, 4) is 17.1 Å². The molecule has 16 aromatic rings. The first kappa shape index (κ1) is 48.8. The molecule has 3 heterocycles. The maximum atomic E-state index is 2.51. The first-order valence-corrected chi connectivity index (χ1v) is 31.6. The Morgan fingerprint density at radius 2 is 0.482 bits per heavy atom. The third-order valence-corrected chi connectivity index (χ3v) is 24.6. The van der Waals surface area contributed by atoms with Crippen LogP contribution < -0.4 is 0 Å². The van der Waals surface area contributed by atoms with Gasteiger partial charge in [0.15, 0.2) is 0 Å². The monoisotopic (exact) mass is 1100 g/mol. The van der Waals surface area contributed by atoms with Crippen LogP contribution in [0.2, 0.25) is 0 Å². The zero-order valence-electron chi connectivity index (χ0n) is 45.4. The number of aromatic nitrogens is 3. The lowest BCUT2D eigenvalue weighted by Crippen LogP contribution is -2.07. The molecule has 83 heavy (non-hydrogen) atoms. The van der Waals surface area contributed by atoms with Gasteiger partial charge in [0, 0.05) is 88.5 Å². The lowest BCUT2D eigenvalue weighted by Gasteiger charge is -2.42. The van der Waals surface area contributed by atoms with Gasteiger partial charge in [0.1, 0.15) is 0 Å². The summed E-state index contributed by atoms with van der Waals surface area (Å²) < 4.78 is 7.45. The van der Waals surface area contributed by atoms with Crippen molar-refractivity contribution in [2.24, 2.45) is 0 Å². The van der Waals surface area contributed by atoms with Gasteiger partial charge in [-0.3, -0.25) is 0 Å². The van der Waals surface area contributed by atoms with E-state index in [1.54, 1.807) is 0 Å². The van der Waals surface area contributed by atoms with Crippen molar-refractivity contribution in [3.05, 3.63) is 334 Å². The molecule has 5 heteroatoms. The van der Waals surface area contributed by atoms with E-state index >= 15 is 0 Å². The van der Waals surface area contributed by atoms with Gasteiger partial charge in [0.25, 0.3) is 0 Å². The summed E-state index contributed by atoms with van der Waals surface area (Å²) >= 11 is 0. The number of hydrogen-bond acceptors (Lipinski definition) is 0. The third-order valence-electron chi connectivity index (χ3n) is 16.8. The van der Waals surface area contributed by atoms with E-state index in [0.29, 0.717) is 0 Å². The van der Waals surface area contributed by atoms with Gasteiger partial charge in [-0.25, -0.2) is 0 Å². The summed E-state index contributed by atoms with van der Waals surface area (Å²) in [6, 6.07) is 125. The normalized spacial score (nSPS) is 12.5. The van der Waals surface area contributed by atoms with E-state index < -0.39 is 20.1 Å². The molecule has 0 radical (unpaired) electrons. The fraction of sp³-hybridized carbons (Fsp3) is 0. The van der Waals surface area contributed by atoms with Gasteiger partial charge in [-0.05, 0) is 152 Å². The molecule has 13 aromatic carbocycles. The zero-order valence-corrected chi connectivity index (χ0v) is 47.0. The smallest absolute Gasteiger partial charge is 0.0552 e. The van der Waals surface area contributed by atoms with Crippen molar-refractivity contribution in [3.63, 3.8) is 0 Å². The number of nitrogens with zero attached hydrogens (tertiary/aromatic N) is 3. The van der Waals surface area contributed by atoms with E-state index in [1.165, 1.54) is 93.5 Å². The van der Waals surface area contributed by atoms with E-state index in [4.69, 9.17) is 0 Å². The number of para-hydroxylation sites is 4. The van der Waals surface area contributed by atoms with Crippen LogP contribution >= 0.6 is 20.1 Å². The van der Waals surface area contributed by atoms with E-state index in [-0.39, 0.29) is 0 Å². The summed E-state index contributed by atoms with van der Waals surface area (Å²) in [6.45, 7) is 0. The highest BCUT2D eigenvalue weighted by Gasteiger charge is 2.37. The molecular formula is C78H55N3S2. The lowest BCUT2D eigenvalue weighted by atomic mass is 10.1. The number of hydrogen-bond donors (Lipinski definition) is 0. The summed E-state index contributed by atoms with van der Waals surface area (Å²) in [5, 5.41) is 7.43. The Morgan fingerprint density at radius 3 is 0.928 bits per heavy atom. The Bertz CT molecular complexity index is 4890. The second-order valence-electron chi connectivity index (χ2n) is 21.2. The fourth-order valence-electron chi connectivity index (χ4n) is 13.5. The minimum atomic E-state index is -2.13. The molecule has 16 rings (SSSR count). The summed E-state index contributed by atoms with van der Waals surface area (Å²) in [6.07, 6.45) is 0. The Balaban J connectivity index is 0.909. The first-order chi connectivity index (χ1) is 41.2. The van der Waals surface area contributed by atoms with Gasteiger partial charge in [-0.1, -0.05) is 182 Å². The van der Waals surface area contributed by atoms with Crippen LogP contribution in [0.1, 0.15) is 0 Å².